The maximum atomic E-state index is 14.9. The van der Waals surface area contributed by atoms with E-state index >= 15 is 0 Å². The zero-order chi connectivity index (χ0) is 22.2. The fraction of sp³-hybridized carbons (Fsp3) is 0.409. The van der Waals surface area contributed by atoms with Crippen molar-refractivity contribution in [2.45, 2.75) is 26.7 Å². The molecule has 2 N–H and O–H groups in total. The number of hydrogen-bond acceptors (Lipinski definition) is 4. The van der Waals surface area contributed by atoms with Gasteiger partial charge in [0.2, 0.25) is 0 Å². The Kier molecular flexibility index (Phi) is 8.36. The third kappa shape index (κ3) is 6.48. The number of anilines is 1. The summed E-state index contributed by atoms with van der Waals surface area (Å²) < 4.78 is 48.1. The first kappa shape index (κ1) is 23.1. The smallest absolute Gasteiger partial charge is 0.143 e. The van der Waals surface area contributed by atoms with Crippen molar-refractivity contribution in [3.63, 3.8) is 0 Å². The van der Waals surface area contributed by atoms with Crippen LogP contribution in [0.2, 0.25) is 0 Å². The van der Waals surface area contributed by atoms with Crippen LogP contribution < -0.4 is 9.62 Å². The van der Waals surface area contributed by atoms with Gasteiger partial charge in [-0.15, -0.1) is 0 Å². The van der Waals surface area contributed by atoms with Crippen molar-refractivity contribution in [3.05, 3.63) is 59.6 Å². The average molecular weight is 451 g/mol. The molecule has 3 rings (SSSR count). The van der Waals surface area contributed by atoms with Crippen LogP contribution in [0.3, 0.4) is 0 Å². The van der Waals surface area contributed by atoms with Crippen LogP contribution in [0.25, 0.3) is 11.0 Å². The predicted molar refractivity (Wildman–Crippen MR) is 121 cm³/mol. The summed E-state index contributed by atoms with van der Waals surface area (Å²) in [5.74, 6) is -0.679. The van der Waals surface area contributed by atoms with E-state index in [1.165, 1.54) is 19.1 Å². The molecule has 0 bridgehead atoms. The van der Waals surface area contributed by atoms with Crippen molar-refractivity contribution >= 4 is 27.7 Å². The molecule has 1 aliphatic heterocycles. The zero-order valence-electron chi connectivity index (χ0n) is 17.8. The molecule has 0 spiro atoms. The Labute approximate surface area is 183 Å². The number of morpholine rings is 1. The van der Waals surface area contributed by atoms with Crippen LogP contribution in [0.5, 0.6) is 0 Å². The lowest BCUT2D eigenvalue weighted by Gasteiger charge is -2.28. The van der Waals surface area contributed by atoms with E-state index in [-0.39, 0.29) is 5.70 Å². The predicted octanol–water partition coefficient (Wildman–Crippen LogP) is 4.22. The van der Waals surface area contributed by atoms with E-state index in [2.05, 4.69) is 19.6 Å². The van der Waals surface area contributed by atoms with E-state index in [9.17, 15) is 13.0 Å². The lowest BCUT2D eigenvalue weighted by Crippen LogP contribution is -2.36. The van der Waals surface area contributed by atoms with Crippen molar-refractivity contribution in [1.29, 1.82) is 0 Å². The van der Waals surface area contributed by atoms with Crippen molar-refractivity contribution < 1.29 is 17.7 Å². The van der Waals surface area contributed by atoms with Crippen LogP contribution in [-0.4, -0.2) is 46.2 Å². The second-order valence-corrected chi connectivity index (χ2v) is 8.55. The fourth-order valence-electron chi connectivity index (χ4n) is 3.24. The maximum Gasteiger partial charge on any atom is 0.143 e. The number of aromatic amines is 1. The second kappa shape index (κ2) is 11.2. The molecule has 1 atom stereocenters. The number of rotatable bonds is 9. The molecule has 3 heterocycles. The van der Waals surface area contributed by atoms with Gasteiger partial charge in [-0.25, -0.2) is 18.0 Å². The van der Waals surface area contributed by atoms with Crippen LogP contribution in [0, 0.1) is 0 Å². The van der Waals surface area contributed by atoms with Crippen LogP contribution >= 0.6 is 0 Å². The van der Waals surface area contributed by atoms with E-state index in [0.717, 1.165) is 41.4 Å². The Hall–Kier alpha value is -2.52. The van der Waals surface area contributed by atoms with Crippen molar-refractivity contribution in [2.75, 3.05) is 37.0 Å². The summed E-state index contributed by atoms with van der Waals surface area (Å²) in [7, 11) is -1.44. The summed E-state index contributed by atoms with van der Waals surface area (Å²) in [6.45, 7) is 6.12. The molecule has 2 aromatic heterocycles. The second-order valence-electron chi connectivity index (χ2n) is 7.24. The molecule has 168 valence electrons. The monoisotopic (exact) mass is 450 g/mol. The Morgan fingerprint density at radius 2 is 2.13 bits per heavy atom. The minimum Gasteiger partial charge on any atom is -0.378 e. The van der Waals surface area contributed by atoms with Gasteiger partial charge in [0.05, 0.1) is 36.6 Å². The molecule has 6 nitrogen and oxygen atoms in total. The number of hydrogen-bond donors (Lipinski definition) is 2. The zero-order valence-corrected chi connectivity index (χ0v) is 18.6. The molecular weight excluding hydrogens is 422 g/mol. The summed E-state index contributed by atoms with van der Waals surface area (Å²) in [4.78, 5) is 9.81. The molecule has 9 heteroatoms. The number of H-pyrrole nitrogens is 1. The Bertz CT molecular complexity index is 1010. The van der Waals surface area contributed by atoms with Gasteiger partial charge >= 0.3 is 0 Å². The molecule has 0 radical (unpaired) electrons. The number of nitrogens with zero attached hydrogens (tertiary/aromatic N) is 2. The van der Waals surface area contributed by atoms with Gasteiger partial charge < -0.3 is 19.3 Å². The van der Waals surface area contributed by atoms with E-state index < -0.39 is 22.6 Å². The SMILES string of the molecule is CCCS(=O)NC(=C/C=C(\C)F)/C(F)=C/Cc1c[nH]c2ncc(N3CCOCC3)cc12. The molecule has 1 unspecified atom stereocenters. The summed E-state index contributed by atoms with van der Waals surface area (Å²) in [5, 5.41) is 0.917. The number of nitrogens with one attached hydrogen (secondary N) is 2. The largest absolute Gasteiger partial charge is 0.378 e. The van der Waals surface area contributed by atoms with E-state index in [1.807, 2.05) is 25.4 Å². The molecule has 0 saturated carbocycles. The van der Waals surface area contributed by atoms with Gasteiger partial charge in [-0.05, 0) is 49.6 Å². The molecule has 2 aromatic rings. The van der Waals surface area contributed by atoms with Crippen molar-refractivity contribution in [2.24, 2.45) is 0 Å². The van der Waals surface area contributed by atoms with E-state index in [4.69, 9.17) is 4.74 Å². The highest BCUT2D eigenvalue weighted by Crippen LogP contribution is 2.24. The topological polar surface area (TPSA) is 70.2 Å². The Morgan fingerprint density at radius 3 is 2.84 bits per heavy atom. The Morgan fingerprint density at radius 1 is 1.35 bits per heavy atom. The summed E-state index contributed by atoms with van der Waals surface area (Å²) in [6, 6.07) is 2.05. The fourth-order valence-corrected chi connectivity index (χ4v) is 4.12. The quantitative estimate of drug-likeness (QED) is 0.562. The van der Waals surface area contributed by atoms with Gasteiger partial charge in [-0.1, -0.05) is 6.92 Å². The first-order valence-electron chi connectivity index (χ1n) is 10.3. The van der Waals surface area contributed by atoms with Crippen LogP contribution in [-0.2, 0) is 22.1 Å². The summed E-state index contributed by atoms with van der Waals surface area (Å²) >= 11 is 0. The van der Waals surface area contributed by atoms with Gasteiger partial charge in [0.25, 0.3) is 0 Å². The van der Waals surface area contributed by atoms with Crippen molar-refractivity contribution in [3.8, 4) is 0 Å². The van der Waals surface area contributed by atoms with Crippen LogP contribution in [0.4, 0.5) is 14.5 Å². The molecule has 1 saturated heterocycles. The lowest BCUT2D eigenvalue weighted by atomic mass is 10.1. The van der Waals surface area contributed by atoms with Crippen LogP contribution in [0.15, 0.2) is 54.0 Å². The first-order chi connectivity index (χ1) is 15.0. The number of ether oxygens (including phenoxy) is 1. The van der Waals surface area contributed by atoms with Crippen LogP contribution in [0.1, 0.15) is 25.8 Å². The first-order valence-corrected chi connectivity index (χ1v) is 11.6. The molecule has 31 heavy (non-hydrogen) atoms. The highest BCUT2D eigenvalue weighted by molar-refractivity contribution is 7.83. The molecule has 1 aliphatic rings. The van der Waals surface area contributed by atoms with E-state index in [0.29, 0.717) is 31.8 Å². The van der Waals surface area contributed by atoms with Gasteiger partial charge in [-0.3, -0.25) is 0 Å². The van der Waals surface area contributed by atoms with Gasteiger partial charge in [-0.2, -0.15) is 0 Å². The molecule has 0 aliphatic carbocycles. The van der Waals surface area contributed by atoms with Gasteiger partial charge in [0, 0.05) is 30.4 Å². The summed E-state index contributed by atoms with van der Waals surface area (Å²) in [6.07, 6.45) is 8.42. The highest BCUT2D eigenvalue weighted by Gasteiger charge is 2.14. The molecule has 1 fully saturated rings. The Balaban J connectivity index is 1.81. The molecule has 0 amide bonds. The number of allylic oxidation sites excluding steroid dienone is 5. The highest BCUT2D eigenvalue weighted by atomic mass is 32.2. The van der Waals surface area contributed by atoms with E-state index in [1.54, 1.807) is 0 Å². The van der Waals surface area contributed by atoms with Gasteiger partial charge in [0.1, 0.15) is 22.5 Å². The average Bonchev–Trinajstić information content (AvgIpc) is 3.18. The number of pyridine rings is 1. The molecular formula is C22H28F2N4O2S. The lowest BCUT2D eigenvalue weighted by molar-refractivity contribution is 0.122. The third-order valence-electron chi connectivity index (χ3n) is 4.83. The normalized spacial score (nSPS) is 17.3. The summed E-state index contributed by atoms with van der Waals surface area (Å²) in [5.41, 5.74) is 2.62. The van der Waals surface area contributed by atoms with Crippen molar-refractivity contribution in [1.82, 2.24) is 14.7 Å². The maximum absolute atomic E-state index is 14.9. The number of fused-ring (bicyclic) bond motifs is 1. The standard InChI is InChI=1S/C22H28F2N4O2S/c1-3-12-31(29)27-21(7-4-16(2)23)20(24)6-5-17-14-25-22-19(17)13-18(15-26-22)28-8-10-30-11-9-28/h4,6-7,13-15,27H,3,5,8-12H2,1-2H3,(H,25,26)/b16-4+,20-6-,21-7+. The minimum absolute atomic E-state index is 0.00393. The van der Waals surface area contributed by atoms with Gasteiger partial charge in [0.15, 0.2) is 0 Å². The third-order valence-corrected chi connectivity index (χ3v) is 6.06. The molecule has 0 aromatic carbocycles. The number of halogens is 2. The number of aromatic nitrogens is 2. The minimum atomic E-state index is -1.44.